The predicted molar refractivity (Wildman–Crippen MR) is 108 cm³/mol. The second-order valence-corrected chi connectivity index (χ2v) is 7.11. The summed E-state index contributed by atoms with van der Waals surface area (Å²) >= 11 is 0. The van der Waals surface area contributed by atoms with E-state index in [4.69, 9.17) is 4.74 Å². The summed E-state index contributed by atoms with van der Waals surface area (Å²) in [6.45, 7) is 3.18. The van der Waals surface area contributed by atoms with Crippen molar-refractivity contribution in [1.82, 2.24) is 19.5 Å². The first kappa shape index (κ1) is 19.1. The smallest absolute Gasteiger partial charge is 0.223 e. The highest BCUT2D eigenvalue weighted by atomic mass is 16.5. The molecular weight excluding hydrogens is 368 g/mol. The Hall–Kier alpha value is -3.22. The molecule has 1 saturated heterocycles. The number of fused-ring (bicyclic) bond motifs is 1. The van der Waals surface area contributed by atoms with Gasteiger partial charge < -0.3 is 9.64 Å². The van der Waals surface area contributed by atoms with Crippen LogP contribution in [0.15, 0.2) is 48.7 Å². The summed E-state index contributed by atoms with van der Waals surface area (Å²) in [5.74, 6) is 1.47. The highest BCUT2D eigenvalue weighted by Gasteiger charge is 2.33. The molecule has 1 aliphatic heterocycles. The molecule has 0 aliphatic carbocycles. The van der Waals surface area contributed by atoms with Crippen molar-refractivity contribution in [2.24, 2.45) is 0 Å². The Bertz CT molecular complexity index is 1010. The molecule has 0 bridgehead atoms. The third-order valence-electron chi connectivity index (χ3n) is 5.26. The lowest BCUT2D eigenvalue weighted by Gasteiger charge is -2.23. The van der Waals surface area contributed by atoms with Gasteiger partial charge in [0.15, 0.2) is 17.3 Å². The minimum atomic E-state index is -0.0968. The van der Waals surface area contributed by atoms with Crippen LogP contribution in [0.1, 0.15) is 54.8 Å². The van der Waals surface area contributed by atoms with Crippen molar-refractivity contribution in [2.75, 3.05) is 13.2 Å². The number of benzene rings is 1. The SMILES string of the molecule is CCOc1ccc(C(=O)CCC(=O)N2CCC[C@H]2c2nnc3ccccn23)cc1. The minimum Gasteiger partial charge on any atom is -0.494 e. The second-order valence-electron chi connectivity index (χ2n) is 7.11. The third-order valence-corrected chi connectivity index (χ3v) is 5.26. The molecule has 7 heteroatoms. The molecule has 3 heterocycles. The Morgan fingerprint density at radius 2 is 1.93 bits per heavy atom. The Morgan fingerprint density at radius 1 is 1.10 bits per heavy atom. The van der Waals surface area contributed by atoms with Gasteiger partial charge in [0, 0.05) is 31.1 Å². The number of aromatic nitrogens is 3. The van der Waals surface area contributed by atoms with Crippen molar-refractivity contribution in [3.8, 4) is 5.75 Å². The molecule has 3 aromatic rings. The Labute approximate surface area is 169 Å². The van der Waals surface area contributed by atoms with E-state index >= 15 is 0 Å². The van der Waals surface area contributed by atoms with E-state index in [2.05, 4.69) is 10.2 Å². The molecule has 1 amide bonds. The number of carbonyl (C=O) groups excluding carboxylic acids is 2. The number of nitrogens with zero attached hydrogens (tertiary/aromatic N) is 4. The van der Waals surface area contributed by atoms with E-state index in [9.17, 15) is 9.59 Å². The van der Waals surface area contributed by atoms with Gasteiger partial charge in [0.25, 0.3) is 0 Å². The summed E-state index contributed by atoms with van der Waals surface area (Å²) in [6.07, 6.45) is 4.08. The van der Waals surface area contributed by atoms with Crippen molar-refractivity contribution < 1.29 is 14.3 Å². The number of hydrogen-bond donors (Lipinski definition) is 0. The number of likely N-dealkylation sites (tertiary alicyclic amines) is 1. The molecule has 0 spiro atoms. The van der Waals surface area contributed by atoms with E-state index in [0.717, 1.165) is 30.1 Å². The fourth-order valence-electron chi connectivity index (χ4n) is 3.83. The van der Waals surface area contributed by atoms with Gasteiger partial charge in [-0.2, -0.15) is 0 Å². The van der Waals surface area contributed by atoms with Gasteiger partial charge in [0.1, 0.15) is 5.75 Å². The van der Waals surface area contributed by atoms with Crippen LogP contribution < -0.4 is 4.74 Å². The number of Topliss-reactive ketones (excluding diaryl/α,β-unsaturated/α-hetero) is 1. The quantitative estimate of drug-likeness (QED) is 0.576. The normalized spacial score (nSPS) is 16.3. The summed E-state index contributed by atoms with van der Waals surface area (Å²) < 4.78 is 7.33. The summed E-state index contributed by atoms with van der Waals surface area (Å²) in [7, 11) is 0. The van der Waals surface area contributed by atoms with Crippen LogP contribution in [-0.4, -0.2) is 44.3 Å². The molecule has 0 saturated carbocycles. The van der Waals surface area contributed by atoms with Gasteiger partial charge in [-0.3, -0.25) is 14.0 Å². The van der Waals surface area contributed by atoms with Crippen LogP contribution in [-0.2, 0) is 4.79 Å². The Kier molecular flexibility index (Phi) is 5.55. The molecule has 29 heavy (non-hydrogen) atoms. The minimum absolute atomic E-state index is 0.0144. The maximum atomic E-state index is 12.9. The number of amides is 1. The van der Waals surface area contributed by atoms with Gasteiger partial charge >= 0.3 is 0 Å². The van der Waals surface area contributed by atoms with Crippen LogP contribution >= 0.6 is 0 Å². The molecule has 1 fully saturated rings. The average molecular weight is 392 g/mol. The van der Waals surface area contributed by atoms with Gasteiger partial charge in [-0.15, -0.1) is 10.2 Å². The molecule has 1 aliphatic rings. The van der Waals surface area contributed by atoms with E-state index in [-0.39, 0.29) is 30.6 Å². The molecule has 1 atom stereocenters. The molecule has 0 unspecified atom stereocenters. The monoisotopic (exact) mass is 392 g/mol. The van der Waals surface area contributed by atoms with Crippen molar-refractivity contribution in [1.29, 1.82) is 0 Å². The van der Waals surface area contributed by atoms with Crippen molar-refractivity contribution >= 4 is 17.3 Å². The molecule has 1 aromatic carbocycles. The van der Waals surface area contributed by atoms with Gasteiger partial charge in [-0.25, -0.2) is 0 Å². The first-order valence-corrected chi connectivity index (χ1v) is 10.0. The maximum Gasteiger partial charge on any atom is 0.223 e. The van der Waals surface area contributed by atoms with Crippen molar-refractivity contribution in [2.45, 2.75) is 38.6 Å². The van der Waals surface area contributed by atoms with E-state index in [0.29, 0.717) is 18.7 Å². The fraction of sp³-hybridized carbons (Fsp3) is 0.364. The molecule has 0 N–H and O–H groups in total. The molecule has 4 rings (SSSR count). The lowest BCUT2D eigenvalue weighted by molar-refractivity contribution is -0.132. The summed E-state index contributed by atoms with van der Waals surface area (Å²) in [5.41, 5.74) is 1.37. The highest BCUT2D eigenvalue weighted by molar-refractivity contribution is 5.98. The lowest BCUT2D eigenvalue weighted by Crippen LogP contribution is -2.31. The molecule has 2 aromatic heterocycles. The average Bonchev–Trinajstić information content (AvgIpc) is 3.39. The van der Waals surface area contributed by atoms with Gasteiger partial charge in [0.05, 0.1) is 12.6 Å². The zero-order valence-electron chi connectivity index (χ0n) is 16.5. The molecule has 7 nitrogen and oxygen atoms in total. The summed E-state index contributed by atoms with van der Waals surface area (Å²) in [5, 5.41) is 8.52. The van der Waals surface area contributed by atoms with Gasteiger partial charge in [-0.05, 0) is 56.2 Å². The maximum absolute atomic E-state index is 12.9. The molecule has 150 valence electrons. The van der Waals surface area contributed by atoms with Gasteiger partial charge in [-0.1, -0.05) is 6.07 Å². The van der Waals surface area contributed by atoms with Crippen LogP contribution in [0.3, 0.4) is 0 Å². The summed E-state index contributed by atoms with van der Waals surface area (Å²) in [4.78, 5) is 27.2. The number of ether oxygens (including phenoxy) is 1. The van der Waals surface area contributed by atoms with Gasteiger partial charge in [0.2, 0.25) is 5.91 Å². The zero-order chi connectivity index (χ0) is 20.2. The third kappa shape index (κ3) is 3.99. The number of rotatable bonds is 7. The first-order valence-electron chi connectivity index (χ1n) is 10.0. The van der Waals surface area contributed by atoms with E-state index in [1.165, 1.54) is 0 Å². The zero-order valence-corrected chi connectivity index (χ0v) is 16.5. The van der Waals surface area contributed by atoms with Crippen LogP contribution in [0.4, 0.5) is 0 Å². The van der Waals surface area contributed by atoms with E-state index < -0.39 is 0 Å². The lowest BCUT2D eigenvalue weighted by atomic mass is 10.1. The summed E-state index contributed by atoms with van der Waals surface area (Å²) in [6, 6.07) is 12.7. The number of pyridine rings is 1. The van der Waals surface area contributed by atoms with E-state index in [1.54, 1.807) is 24.3 Å². The van der Waals surface area contributed by atoms with Crippen LogP contribution in [0.25, 0.3) is 5.65 Å². The van der Waals surface area contributed by atoms with Crippen molar-refractivity contribution in [3.63, 3.8) is 0 Å². The van der Waals surface area contributed by atoms with Crippen LogP contribution in [0.5, 0.6) is 5.75 Å². The second kappa shape index (κ2) is 8.43. The topological polar surface area (TPSA) is 76.8 Å². The number of ketones is 1. The number of carbonyl (C=O) groups is 2. The Balaban J connectivity index is 1.40. The van der Waals surface area contributed by atoms with Crippen LogP contribution in [0.2, 0.25) is 0 Å². The number of hydrogen-bond acceptors (Lipinski definition) is 5. The predicted octanol–water partition coefficient (Wildman–Crippen LogP) is 3.45. The van der Waals surface area contributed by atoms with Crippen LogP contribution in [0, 0.1) is 0 Å². The fourth-order valence-corrected chi connectivity index (χ4v) is 3.83. The Morgan fingerprint density at radius 3 is 2.72 bits per heavy atom. The van der Waals surface area contributed by atoms with Crippen molar-refractivity contribution in [3.05, 3.63) is 60.0 Å². The largest absolute Gasteiger partial charge is 0.494 e. The van der Waals surface area contributed by atoms with E-state index in [1.807, 2.05) is 40.6 Å². The first-order chi connectivity index (χ1) is 14.2. The molecule has 0 radical (unpaired) electrons. The standard InChI is InChI=1S/C22H24N4O3/c1-2-29-17-10-8-16(9-11-17)19(27)12-13-21(28)25-15-5-6-18(25)22-24-23-20-7-3-4-14-26(20)22/h3-4,7-11,14,18H,2,5-6,12-13,15H2,1H3/t18-/m0/s1. The molecular formula is C22H24N4O3. The highest BCUT2D eigenvalue weighted by Crippen LogP contribution is 2.31.